The molecule has 1 amide bonds. The van der Waals surface area contributed by atoms with E-state index in [2.05, 4.69) is 10.6 Å². The number of halogens is 2. The number of rotatable bonds is 5. The molecular weight excluding hydrogens is 214 g/mol. The standard InChI is InChI=1S/C11H14F2N2O/c1-2-15-11(16)7-14-6-8-3-4-9(12)10(13)5-8/h3-5,14H,2,6-7H2,1H3,(H,15,16). The molecule has 3 nitrogen and oxygen atoms in total. The van der Waals surface area contributed by atoms with Crippen LogP contribution in [0.1, 0.15) is 12.5 Å². The van der Waals surface area contributed by atoms with Crippen molar-refractivity contribution in [2.24, 2.45) is 0 Å². The predicted molar refractivity (Wildman–Crippen MR) is 56.7 cm³/mol. The van der Waals surface area contributed by atoms with Gasteiger partial charge in [-0.1, -0.05) is 6.07 Å². The Morgan fingerprint density at radius 3 is 2.69 bits per heavy atom. The summed E-state index contributed by atoms with van der Waals surface area (Å²) in [5.41, 5.74) is 0.600. The van der Waals surface area contributed by atoms with E-state index >= 15 is 0 Å². The molecule has 0 fully saturated rings. The van der Waals surface area contributed by atoms with E-state index in [1.165, 1.54) is 6.07 Å². The number of hydrogen-bond donors (Lipinski definition) is 2. The molecule has 0 aromatic heterocycles. The molecule has 0 radical (unpaired) electrons. The molecule has 2 N–H and O–H groups in total. The Morgan fingerprint density at radius 1 is 1.31 bits per heavy atom. The van der Waals surface area contributed by atoms with E-state index in [0.717, 1.165) is 12.1 Å². The summed E-state index contributed by atoms with van der Waals surface area (Å²) in [5.74, 6) is -1.87. The predicted octanol–water partition coefficient (Wildman–Crippen LogP) is 1.19. The van der Waals surface area contributed by atoms with Gasteiger partial charge < -0.3 is 10.6 Å². The Labute approximate surface area is 92.8 Å². The third-order valence-electron chi connectivity index (χ3n) is 1.97. The van der Waals surface area contributed by atoms with Crippen molar-refractivity contribution in [1.82, 2.24) is 10.6 Å². The Hall–Kier alpha value is -1.49. The van der Waals surface area contributed by atoms with Crippen LogP contribution in [0.5, 0.6) is 0 Å². The first-order chi connectivity index (χ1) is 7.63. The highest BCUT2D eigenvalue weighted by Gasteiger charge is 2.03. The Kier molecular flexibility index (Phi) is 4.85. The van der Waals surface area contributed by atoms with Crippen LogP contribution in [0.15, 0.2) is 18.2 Å². The highest BCUT2D eigenvalue weighted by molar-refractivity contribution is 5.77. The maximum absolute atomic E-state index is 12.8. The molecule has 0 unspecified atom stereocenters. The Morgan fingerprint density at radius 2 is 2.06 bits per heavy atom. The lowest BCUT2D eigenvalue weighted by atomic mass is 10.2. The minimum Gasteiger partial charge on any atom is -0.355 e. The Balaban J connectivity index is 2.37. The molecule has 0 saturated carbocycles. The zero-order valence-electron chi connectivity index (χ0n) is 9.02. The molecule has 5 heteroatoms. The van der Waals surface area contributed by atoms with Gasteiger partial charge in [0.05, 0.1) is 6.54 Å². The summed E-state index contributed by atoms with van der Waals surface area (Å²) in [7, 11) is 0. The molecule has 0 aliphatic rings. The summed E-state index contributed by atoms with van der Waals surface area (Å²) in [6.07, 6.45) is 0. The van der Waals surface area contributed by atoms with Crippen LogP contribution in [0.2, 0.25) is 0 Å². The van der Waals surface area contributed by atoms with Crippen molar-refractivity contribution < 1.29 is 13.6 Å². The van der Waals surface area contributed by atoms with E-state index in [-0.39, 0.29) is 12.5 Å². The molecule has 0 aliphatic heterocycles. The third kappa shape index (κ3) is 3.94. The average Bonchev–Trinajstić information content (AvgIpc) is 2.24. The maximum Gasteiger partial charge on any atom is 0.233 e. The fraction of sp³-hybridized carbons (Fsp3) is 0.364. The highest BCUT2D eigenvalue weighted by atomic mass is 19.2. The quantitative estimate of drug-likeness (QED) is 0.794. The number of hydrogen-bond acceptors (Lipinski definition) is 2. The van der Waals surface area contributed by atoms with Crippen molar-refractivity contribution in [2.45, 2.75) is 13.5 Å². The van der Waals surface area contributed by atoms with Gasteiger partial charge in [0.25, 0.3) is 0 Å². The van der Waals surface area contributed by atoms with Crippen molar-refractivity contribution in [3.8, 4) is 0 Å². The summed E-state index contributed by atoms with van der Waals surface area (Å²) in [6.45, 7) is 2.89. The van der Waals surface area contributed by atoms with Crippen molar-refractivity contribution in [3.05, 3.63) is 35.4 Å². The lowest BCUT2D eigenvalue weighted by Gasteiger charge is -2.05. The lowest BCUT2D eigenvalue weighted by molar-refractivity contribution is -0.120. The molecule has 88 valence electrons. The lowest BCUT2D eigenvalue weighted by Crippen LogP contribution is -2.33. The van der Waals surface area contributed by atoms with Gasteiger partial charge in [0.15, 0.2) is 11.6 Å². The van der Waals surface area contributed by atoms with Crippen LogP contribution in [0.4, 0.5) is 8.78 Å². The number of nitrogens with one attached hydrogen (secondary N) is 2. The van der Waals surface area contributed by atoms with Crippen molar-refractivity contribution >= 4 is 5.91 Å². The van der Waals surface area contributed by atoms with E-state index in [1.54, 1.807) is 0 Å². The molecule has 0 atom stereocenters. The number of benzene rings is 1. The van der Waals surface area contributed by atoms with Crippen LogP contribution in [0.25, 0.3) is 0 Å². The zero-order chi connectivity index (χ0) is 12.0. The van der Waals surface area contributed by atoms with Gasteiger partial charge in [0.2, 0.25) is 5.91 Å². The maximum atomic E-state index is 12.8. The molecule has 0 bridgehead atoms. The second kappa shape index (κ2) is 6.17. The summed E-state index contributed by atoms with van der Waals surface area (Å²) < 4.78 is 25.4. The number of likely N-dealkylation sites (N-methyl/N-ethyl adjacent to an activating group) is 1. The van der Waals surface area contributed by atoms with Gasteiger partial charge in [-0.25, -0.2) is 8.78 Å². The van der Waals surface area contributed by atoms with E-state index in [4.69, 9.17) is 0 Å². The van der Waals surface area contributed by atoms with Crippen LogP contribution in [0.3, 0.4) is 0 Å². The first kappa shape index (κ1) is 12.6. The molecule has 0 saturated heterocycles. The van der Waals surface area contributed by atoms with Gasteiger partial charge in [-0.05, 0) is 24.6 Å². The fourth-order valence-electron chi connectivity index (χ4n) is 1.23. The van der Waals surface area contributed by atoms with E-state index < -0.39 is 11.6 Å². The second-order valence-corrected chi connectivity index (χ2v) is 3.31. The van der Waals surface area contributed by atoms with Crippen molar-refractivity contribution in [1.29, 1.82) is 0 Å². The summed E-state index contributed by atoms with van der Waals surface area (Å²) in [5, 5.41) is 5.45. The molecule has 0 spiro atoms. The second-order valence-electron chi connectivity index (χ2n) is 3.31. The van der Waals surface area contributed by atoms with Crippen molar-refractivity contribution in [2.75, 3.05) is 13.1 Å². The van der Waals surface area contributed by atoms with Gasteiger partial charge in [0.1, 0.15) is 0 Å². The number of carbonyl (C=O) groups is 1. The first-order valence-electron chi connectivity index (χ1n) is 5.04. The first-order valence-corrected chi connectivity index (χ1v) is 5.04. The van der Waals surface area contributed by atoms with Crippen LogP contribution >= 0.6 is 0 Å². The Bertz CT molecular complexity index is 369. The van der Waals surface area contributed by atoms with Crippen LogP contribution in [-0.4, -0.2) is 19.0 Å². The number of amides is 1. The molecule has 0 heterocycles. The van der Waals surface area contributed by atoms with E-state index in [0.29, 0.717) is 18.7 Å². The molecular formula is C11H14F2N2O. The molecule has 1 rings (SSSR count). The van der Waals surface area contributed by atoms with E-state index in [1.807, 2.05) is 6.92 Å². The van der Waals surface area contributed by atoms with Crippen LogP contribution < -0.4 is 10.6 Å². The molecule has 1 aromatic rings. The van der Waals surface area contributed by atoms with Gasteiger partial charge in [-0.15, -0.1) is 0 Å². The summed E-state index contributed by atoms with van der Waals surface area (Å²) >= 11 is 0. The smallest absolute Gasteiger partial charge is 0.233 e. The monoisotopic (exact) mass is 228 g/mol. The third-order valence-corrected chi connectivity index (χ3v) is 1.97. The molecule has 16 heavy (non-hydrogen) atoms. The minimum atomic E-state index is -0.877. The number of carbonyl (C=O) groups excluding carboxylic acids is 1. The van der Waals surface area contributed by atoms with Gasteiger partial charge in [-0.2, -0.15) is 0 Å². The summed E-state index contributed by atoms with van der Waals surface area (Å²) in [6, 6.07) is 3.65. The van der Waals surface area contributed by atoms with Crippen LogP contribution in [0, 0.1) is 11.6 Å². The van der Waals surface area contributed by atoms with Gasteiger partial charge in [0, 0.05) is 13.1 Å². The minimum absolute atomic E-state index is 0.120. The normalized spacial score (nSPS) is 10.2. The highest BCUT2D eigenvalue weighted by Crippen LogP contribution is 2.07. The van der Waals surface area contributed by atoms with Crippen molar-refractivity contribution in [3.63, 3.8) is 0 Å². The van der Waals surface area contributed by atoms with Gasteiger partial charge in [-0.3, -0.25) is 4.79 Å². The SMILES string of the molecule is CCNC(=O)CNCc1ccc(F)c(F)c1. The van der Waals surface area contributed by atoms with Gasteiger partial charge >= 0.3 is 0 Å². The summed E-state index contributed by atoms with van der Waals surface area (Å²) in [4.78, 5) is 11.0. The topological polar surface area (TPSA) is 41.1 Å². The molecule has 0 aliphatic carbocycles. The fourth-order valence-corrected chi connectivity index (χ4v) is 1.23. The molecule has 1 aromatic carbocycles. The average molecular weight is 228 g/mol. The zero-order valence-corrected chi connectivity index (χ0v) is 9.02. The largest absolute Gasteiger partial charge is 0.355 e. The van der Waals surface area contributed by atoms with Crippen LogP contribution in [-0.2, 0) is 11.3 Å². The van der Waals surface area contributed by atoms with E-state index in [9.17, 15) is 13.6 Å².